The zero-order chi connectivity index (χ0) is 14.8. The molecule has 108 valence electrons. The maximum atomic E-state index is 8.84. The number of aromatic nitrogens is 1. The fourth-order valence-electron chi connectivity index (χ4n) is 2.63. The molecule has 2 aromatic rings. The van der Waals surface area contributed by atoms with Crippen LogP contribution in [0.2, 0.25) is 5.02 Å². The number of amidine groups is 1. The maximum absolute atomic E-state index is 8.84. The van der Waals surface area contributed by atoms with Crippen LogP contribution in [0, 0.1) is 0 Å². The highest BCUT2D eigenvalue weighted by molar-refractivity contribution is 6.36. The summed E-state index contributed by atoms with van der Waals surface area (Å²) < 4.78 is 0. The summed E-state index contributed by atoms with van der Waals surface area (Å²) in [6, 6.07) is 9.84. The van der Waals surface area contributed by atoms with E-state index in [2.05, 4.69) is 27.2 Å². The summed E-state index contributed by atoms with van der Waals surface area (Å²) in [4.78, 5) is 6.46. The SMILES string of the molecule is N/C(=N/O)c1ccnc(N2CCCc3ccccc32)c1Cl. The largest absolute Gasteiger partial charge is 0.409 e. The summed E-state index contributed by atoms with van der Waals surface area (Å²) in [5.74, 6) is 0.613. The van der Waals surface area contributed by atoms with E-state index < -0.39 is 0 Å². The van der Waals surface area contributed by atoms with Crippen molar-refractivity contribution in [3.05, 3.63) is 52.7 Å². The van der Waals surface area contributed by atoms with Gasteiger partial charge in [-0.1, -0.05) is 35.0 Å². The van der Waals surface area contributed by atoms with E-state index in [4.69, 9.17) is 22.5 Å². The van der Waals surface area contributed by atoms with E-state index in [0.29, 0.717) is 16.4 Å². The van der Waals surface area contributed by atoms with Gasteiger partial charge in [-0.2, -0.15) is 0 Å². The molecule has 3 N–H and O–H groups in total. The number of rotatable bonds is 2. The summed E-state index contributed by atoms with van der Waals surface area (Å²) in [5, 5.41) is 12.2. The molecule has 0 unspecified atom stereocenters. The van der Waals surface area contributed by atoms with Crippen molar-refractivity contribution in [1.29, 1.82) is 0 Å². The van der Waals surface area contributed by atoms with Gasteiger partial charge in [0.05, 0.1) is 5.02 Å². The second-order valence-corrected chi connectivity index (χ2v) is 5.24. The van der Waals surface area contributed by atoms with Gasteiger partial charge in [-0.15, -0.1) is 0 Å². The Bertz CT molecular complexity index is 702. The molecule has 1 aliphatic rings. The first-order valence-corrected chi connectivity index (χ1v) is 7.08. The predicted octanol–water partition coefficient (Wildman–Crippen LogP) is 2.91. The van der Waals surface area contributed by atoms with E-state index in [0.717, 1.165) is 25.1 Å². The lowest BCUT2D eigenvalue weighted by atomic mass is 10.0. The van der Waals surface area contributed by atoms with Crippen molar-refractivity contribution < 1.29 is 5.21 Å². The number of anilines is 2. The lowest BCUT2D eigenvalue weighted by Crippen LogP contribution is -2.26. The Labute approximate surface area is 127 Å². The third-order valence-electron chi connectivity index (χ3n) is 3.62. The predicted molar refractivity (Wildman–Crippen MR) is 83.5 cm³/mol. The molecule has 2 heterocycles. The number of aryl methyl sites for hydroxylation is 1. The average molecular weight is 303 g/mol. The number of para-hydroxylation sites is 1. The molecule has 21 heavy (non-hydrogen) atoms. The summed E-state index contributed by atoms with van der Waals surface area (Å²) in [7, 11) is 0. The van der Waals surface area contributed by atoms with Crippen LogP contribution >= 0.6 is 11.6 Å². The van der Waals surface area contributed by atoms with Crippen LogP contribution in [0.15, 0.2) is 41.7 Å². The fourth-order valence-corrected chi connectivity index (χ4v) is 2.94. The molecule has 0 spiro atoms. The molecule has 5 nitrogen and oxygen atoms in total. The monoisotopic (exact) mass is 302 g/mol. The Balaban J connectivity index is 2.11. The van der Waals surface area contributed by atoms with Crippen molar-refractivity contribution in [3.8, 4) is 0 Å². The van der Waals surface area contributed by atoms with Crippen LogP contribution in [-0.4, -0.2) is 22.6 Å². The summed E-state index contributed by atoms with van der Waals surface area (Å²) in [6.45, 7) is 0.837. The molecule has 3 rings (SSSR count). The van der Waals surface area contributed by atoms with E-state index >= 15 is 0 Å². The topological polar surface area (TPSA) is 74.7 Å². The first kappa shape index (κ1) is 13.7. The van der Waals surface area contributed by atoms with Crippen LogP contribution in [0.1, 0.15) is 17.5 Å². The van der Waals surface area contributed by atoms with Gasteiger partial charge < -0.3 is 15.8 Å². The van der Waals surface area contributed by atoms with E-state index in [1.165, 1.54) is 5.56 Å². The fraction of sp³-hybridized carbons (Fsp3) is 0.200. The summed E-state index contributed by atoms with van der Waals surface area (Å²) in [6.07, 6.45) is 3.69. The number of hydrogen-bond donors (Lipinski definition) is 2. The summed E-state index contributed by atoms with van der Waals surface area (Å²) in [5.41, 5.74) is 8.52. The van der Waals surface area contributed by atoms with Gasteiger partial charge >= 0.3 is 0 Å². The number of benzene rings is 1. The van der Waals surface area contributed by atoms with Crippen molar-refractivity contribution in [2.24, 2.45) is 10.9 Å². The Morgan fingerprint density at radius 2 is 2.14 bits per heavy atom. The van der Waals surface area contributed by atoms with Crippen LogP contribution in [0.4, 0.5) is 11.5 Å². The molecule has 1 aromatic heterocycles. The van der Waals surface area contributed by atoms with Gasteiger partial charge in [0.1, 0.15) is 0 Å². The van der Waals surface area contributed by atoms with Gasteiger partial charge in [-0.25, -0.2) is 4.98 Å². The molecule has 0 atom stereocenters. The Morgan fingerprint density at radius 3 is 2.95 bits per heavy atom. The normalized spacial score (nSPS) is 14.9. The van der Waals surface area contributed by atoms with Gasteiger partial charge in [0, 0.05) is 24.0 Å². The molecule has 0 saturated heterocycles. The van der Waals surface area contributed by atoms with Gasteiger partial charge in [0.15, 0.2) is 11.7 Å². The highest BCUT2D eigenvalue weighted by atomic mass is 35.5. The van der Waals surface area contributed by atoms with Crippen LogP contribution < -0.4 is 10.6 Å². The molecule has 6 heteroatoms. The Morgan fingerprint density at radius 1 is 1.33 bits per heavy atom. The van der Waals surface area contributed by atoms with Gasteiger partial charge in [0.2, 0.25) is 0 Å². The molecular formula is C15H15ClN4O. The highest BCUT2D eigenvalue weighted by Crippen LogP contribution is 2.36. The van der Waals surface area contributed by atoms with Crippen molar-refractivity contribution in [1.82, 2.24) is 4.98 Å². The van der Waals surface area contributed by atoms with E-state index in [-0.39, 0.29) is 5.84 Å². The number of oxime groups is 1. The third kappa shape index (κ3) is 2.40. The first-order chi connectivity index (χ1) is 10.2. The van der Waals surface area contributed by atoms with Crippen LogP contribution in [-0.2, 0) is 6.42 Å². The zero-order valence-electron chi connectivity index (χ0n) is 11.3. The van der Waals surface area contributed by atoms with Crippen molar-refractivity contribution in [2.45, 2.75) is 12.8 Å². The quantitative estimate of drug-likeness (QED) is 0.387. The number of nitrogens with zero attached hydrogens (tertiary/aromatic N) is 3. The third-order valence-corrected chi connectivity index (χ3v) is 3.99. The molecule has 1 aromatic carbocycles. The molecule has 0 bridgehead atoms. The Hall–Kier alpha value is -2.27. The number of nitrogens with two attached hydrogens (primary N) is 1. The van der Waals surface area contributed by atoms with E-state index in [1.807, 2.05) is 12.1 Å². The first-order valence-electron chi connectivity index (χ1n) is 6.70. The molecule has 0 radical (unpaired) electrons. The van der Waals surface area contributed by atoms with Gasteiger partial charge in [-0.05, 0) is 30.5 Å². The van der Waals surface area contributed by atoms with Crippen molar-refractivity contribution >= 4 is 28.9 Å². The standard InChI is InChI=1S/C15H15ClN4O/c16-13-11(14(17)19-21)7-8-18-15(13)20-9-3-5-10-4-1-2-6-12(10)20/h1-2,4,6-8,21H,3,5,9H2,(H2,17,19). The second kappa shape index (κ2) is 5.61. The minimum Gasteiger partial charge on any atom is -0.409 e. The van der Waals surface area contributed by atoms with Gasteiger partial charge in [-0.3, -0.25) is 0 Å². The molecule has 1 aliphatic heterocycles. The lowest BCUT2D eigenvalue weighted by Gasteiger charge is -2.31. The molecule has 0 aliphatic carbocycles. The van der Waals surface area contributed by atoms with Gasteiger partial charge in [0.25, 0.3) is 0 Å². The van der Waals surface area contributed by atoms with Crippen molar-refractivity contribution in [3.63, 3.8) is 0 Å². The van der Waals surface area contributed by atoms with E-state index in [9.17, 15) is 0 Å². The Kier molecular flexibility index (Phi) is 3.66. The average Bonchev–Trinajstić information content (AvgIpc) is 2.54. The van der Waals surface area contributed by atoms with E-state index in [1.54, 1.807) is 12.3 Å². The minimum atomic E-state index is -0.0195. The number of halogens is 1. The molecule has 0 amide bonds. The smallest absolute Gasteiger partial charge is 0.171 e. The van der Waals surface area contributed by atoms with Crippen LogP contribution in [0.25, 0.3) is 0 Å². The molecular weight excluding hydrogens is 288 g/mol. The minimum absolute atomic E-state index is 0.0195. The number of fused-ring (bicyclic) bond motifs is 1. The number of pyridine rings is 1. The van der Waals surface area contributed by atoms with Crippen molar-refractivity contribution in [2.75, 3.05) is 11.4 Å². The summed E-state index contributed by atoms with van der Waals surface area (Å²) >= 11 is 6.41. The van der Waals surface area contributed by atoms with Crippen LogP contribution in [0.3, 0.4) is 0 Å². The van der Waals surface area contributed by atoms with Crippen LogP contribution in [0.5, 0.6) is 0 Å². The maximum Gasteiger partial charge on any atom is 0.171 e. The highest BCUT2D eigenvalue weighted by Gasteiger charge is 2.22. The lowest BCUT2D eigenvalue weighted by molar-refractivity contribution is 0.318. The molecule has 0 saturated carbocycles. The zero-order valence-corrected chi connectivity index (χ0v) is 12.1. The molecule has 0 fully saturated rings. The number of hydrogen-bond acceptors (Lipinski definition) is 4. The second-order valence-electron chi connectivity index (χ2n) is 4.87.